The van der Waals surface area contributed by atoms with E-state index in [0.29, 0.717) is 0 Å². The fourth-order valence-electron chi connectivity index (χ4n) is 2.24. The summed E-state index contributed by atoms with van der Waals surface area (Å²) in [6.45, 7) is 2.06. The normalized spacial score (nSPS) is 12.1. The number of carbonyl (C=O) groups is 1. The van der Waals surface area contributed by atoms with E-state index in [-0.39, 0.29) is 11.7 Å². The summed E-state index contributed by atoms with van der Waals surface area (Å²) in [4.78, 5) is 13.8. The van der Waals surface area contributed by atoms with Gasteiger partial charge in [-0.05, 0) is 30.4 Å². The van der Waals surface area contributed by atoms with Crippen molar-refractivity contribution in [2.24, 2.45) is 0 Å². The molecule has 2 rings (SSSR count). The largest absolute Gasteiger partial charge is 0.293 e. The topological polar surface area (TPSA) is 17.1 Å². The molecule has 98 valence electrons. The van der Waals surface area contributed by atoms with E-state index in [4.69, 9.17) is 0 Å². The molecule has 1 unspecified atom stereocenters. The fourth-order valence-corrected chi connectivity index (χ4v) is 2.69. The maximum atomic E-state index is 12.6. The third-order valence-electron chi connectivity index (χ3n) is 3.28. The minimum absolute atomic E-state index is 0.0432. The van der Waals surface area contributed by atoms with Crippen molar-refractivity contribution >= 4 is 17.5 Å². The second-order valence-corrected chi connectivity index (χ2v) is 5.35. The minimum Gasteiger partial charge on any atom is -0.293 e. The van der Waals surface area contributed by atoms with E-state index in [1.807, 2.05) is 60.9 Å². The van der Waals surface area contributed by atoms with Crippen molar-refractivity contribution in [3.05, 3.63) is 65.7 Å². The van der Waals surface area contributed by atoms with Crippen molar-refractivity contribution in [2.45, 2.75) is 24.2 Å². The molecular weight excluding hydrogens is 252 g/mol. The lowest BCUT2D eigenvalue weighted by atomic mass is 9.89. The quantitative estimate of drug-likeness (QED) is 0.574. The molecule has 0 saturated carbocycles. The van der Waals surface area contributed by atoms with Crippen LogP contribution in [0.4, 0.5) is 0 Å². The van der Waals surface area contributed by atoms with Crippen LogP contribution in [0.1, 0.15) is 35.2 Å². The summed E-state index contributed by atoms with van der Waals surface area (Å²) in [5, 5.41) is 0. The summed E-state index contributed by atoms with van der Waals surface area (Å²) in [5.74, 6) is 0.169. The van der Waals surface area contributed by atoms with Crippen molar-refractivity contribution < 1.29 is 4.79 Å². The Balaban J connectivity index is 2.30. The number of rotatable bonds is 5. The molecule has 2 heteroatoms. The van der Waals surface area contributed by atoms with E-state index in [0.717, 1.165) is 22.4 Å². The summed E-state index contributed by atoms with van der Waals surface area (Å²) in [6, 6.07) is 17.9. The van der Waals surface area contributed by atoms with Gasteiger partial charge in [0, 0.05) is 16.4 Å². The van der Waals surface area contributed by atoms with E-state index in [2.05, 4.69) is 6.92 Å². The number of ketones is 1. The van der Waals surface area contributed by atoms with Crippen molar-refractivity contribution in [2.75, 3.05) is 6.26 Å². The third kappa shape index (κ3) is 3.27. The molecule has 0 aliphatic carbocycles. The number of Topliss-reactive ketones (excluding diaryl/α,β-unsaturated/α-hetero) is 1. The Bertz CT molecular complexity index is 548. The van der Waals surface area contributed by atoms with Gasteiger partial charge in [-0.2, -0.15) is 0 Å². The van der Waals surface area contributed by atoms with Gasteiger partial charge in [0.05, 0.1) is 0 Å². The highest BCUT2D eigenvalue weighted by atomic mass is 32.2. The molecular formula is C17H18OS. The molecule has 2 aromatic carbocycles. The van der Waals surface area contributed by atoms with E-state index in [9.17, 15) is 4.79 Å². The fraction of sp³-hybridized carbons (Fsp3) is 0.235. The van der Waals surface area contributed by atoms with Gasteiger partial charge < -0.3 is 0 Å². The average Bonchev–Trinajstić information content (AvgIpc) is 2.49. The monoisotopic (exact) mass is 270 g/mol. The summed E-state index contributed by atoms with van der Waals surface area (Å²) < 4.78 is 0. The zero-order valence-corrected chi connectivity index (χ0v) is 12.1. The van der Waals surface area contributed by atoms with Gasteiger partial charge >= 0.3 is 0 Å². The first kappa shape index (κ1) is 13.9. The van der Waals surface area contributed by atoms with E-state index in [1.165, 1.54) is 0 Å². The first-order chi connectivity index (χ1) is 9.26. The van der Waals surface area contributed by atoms with Crippen molar-refractivity contribution in [1.29, 1.82) is 0 Å². The van der Waals surface area contributed by atoms with Gasteiger partial charge in [0.15, 0.2) is 5.78 Å². The zero-order chi connectivity index (χ0) is 13.7. The number of carbonyl (C=O) groups excluding carboxylic acids is 1. The molecule has 2 aromatic rings. The summed E-state index contributed by atoms with van der Waals surface area (Å²) >= 11 is 1.66. The molecule has 0 bridgehead atoms. The lowest BCUT2D eigenvalue weighted by Crippen LogP contribution is -2.12. The van der Waals surface area contributed by atoms with Crippen LogP contribution in [0.5, 0.6) is 0 Å². The molecule has 1 nitrogen and oxygen atoms in total. The number of hydrogen-bond acceptors (Lipinski definition) is 2. The Morgan fingerprint density at radius 2 is 1.84 bits per heavy atom. The second kappa shape index (κ2) is 6.58. The lowest BCUT2D eigenvalue weighted by molar-refractivity contribution is 0.0957. The Labute approximate surface area is 119 Å². The van der Waals surface area contributed by atoms with E-state index >= 15 is 0 Å². The minimum atomic E-state index is -0.0432. The molecule has 0 heterocycles. The van der Waals surface area contributed by atoms with Crippen LogP contribution in [-0.4, -0.2) is 12.0 Å². The Hall–Kier alpha value is -1.54. The van der Waals surface area contributed by atoms with Gasteiger partial charge in [-0.3, -0.25) is 4.79 Å². The van der Waals surface area contributed by atoms with Crippen LogP contribution >= 0.6 is 11.8 Å². The maximum absolute atomic E-state index is 12.6. The van der Waals surface area contributed by atoms with Crippen LogP contribution in [0.25, 0.3) is 0 Å². The van der Waals surface area contributed by atoms with Gasteiger partial charge in [0.1, 0.15) is 0 Å². The molecule has 0 fully saturated rings. The van der Waals surface area contributed by atoms with Crippen LogP contribution in [0.2, 0.25) is 0 Å². The van der Waals surface area contributed by atoms with Crippen LogP contribution in [0, 0.1) is 0 Å². The first-order valence-corrected chi connectivity index (χ1v) is 7.72. The van der Waals surface area contributed by atoms with Crippen LogP contribution < -0.4 is 0 Å². The van der Waals surface area contributed by atoms with Crippen molar-refractivity contribution in [3.63, 3.8) is 0 Å². The highest BCUT2D eigenvalue weighted by molar-refractivity contribution is 7.98. The Morgan fingerprint density at radius 1 is 1.11 bits per heavy atom. The van der Waals surface area contributed by atoms with E-state index < -0.39 is 0 Å². The number of hydrogen-bond donors (Lipinski definition) is 0. The smallest absolute Gasteiger partial charge is 0.170 e. The lowest BCUT2D eigenvalue weighted by Gasteiger charge is -2.14. The van der Waals surface area contributed by atoms with Crippen LogP contribution in [0.3, 0.4) is 0 Å². The van der Waals surface area contributed by atoms with Crippen LogP contribution in [0.15, 0.2) is 59.5 Å². The molecule has 0 aliphatic heterocycles. The third-order valence-corrected chi connectivity index (χ3v) is 4.01. The molecule has 0 amide bonds. The highest BCUT2D eigenvalue weighted by Crippen LogP contribution is 2.25. The first-order valence-electron chi connectivity index (χ1n) is 6.49. The van der Waals surface area contributed by atoms with Gasteiger partial charge in [0.25, 0.3) is 0 Å². The Morgan fingerprint density at radius 3 is 2.47 bits per heavy atom. The molecule has 19 heavy (non-hydrogen) atoms. The standard InChI is InChI=1S/C17H18OS/c1-3-16(13-8-5-4-6-9-13)17(18)14-10-7-11-15(12-14)19-2/h4-12,16H,3H2,1-2H3. The van der Waals surface area contributed by atoms with E-state index in [1.54, 1.807) is 11.8 Å². The van der Waals surface area contributed by atoms with Crippen LogP contribution in [-0.2, 0) is 0 Å². The summed E-state index contributed by atoms with van der Waals surface area (Å²) in [7, 11) is 0. The second-order valence-electron chi connectivity index (χ2n) is 4.47. The average molecular weight is 270 g/mol. The summed E-state index contributed by atoms with van der Waals surface area (Å²) in [6.07, 6.45) is 2.85. The zero-order valence-electron chi connectivity index (χ0n) is 11.3. The van der Waals surface area contributed by atoms with Gasteiger partial charge in [-0.25, -0.2) is 0 Å². The Kier molecular flexibility index (Phi) is 4.80. The molecule has 0 aromatic heterocycles. The van der Waals surface area contributed by atoms with Crippen molar-refractivity contribution in [3.8, 4) is 0 Å². The number of benzene rings is 2. The molecule has 0 radical (unpaired) electrons. The van der Waals surface area contributed by atoms with Gasteiger partial charge in [-0.15, -0.1) is 11.8 Å². The number of thioether (sulfide) groups is 1. The molecule has 0 spiro atoms. The summed E-state index contributed by atoms with van der Waals surface area (Å²) in [5.41, 5.74) is 1.91. The molecule has 1 atom stereocenters. The van der Waals surface area contributed by atoms with Gasteiger partial charge in [-0.1, -0.05) is 49.4 Å². The SMILES string of the molecule is CCC(C(=O)c1cccc(SC)c1)c1ccccc1. The van der Waals surface area contributed by atoms with Crippen molar-refractivity contribution in [1.82, 2.24) is 0 Å². The molecule has 0 N–H and O–H groups in total. The predicted octanol–water partition coefficient (Wildman–Crippen LogP) is 4.79. The maximum Gasteiger partial charge on any atom is 0.170 e. The molecule has 0 saturated heterocycles. The molecule has 0 aliphatic rings. The van der Waals surface area contributed by atoms with Gasteiger partial charge in [0.2, 0.25) is 0 Å². The predicted molar refractivity (Wildman–Crippen MR) is 82.0 cm³/mol. The highest BCUT2D eigenvalue weighted by Gasteiger charge is 2.20.